The Bertz CT molecular complexity index is 393. The Morgan fingerprint density at radius 2 is 1.78 bits per heavy atom. The van der Waals surface area contributed by atoms with Crippen LogP contribution in [0.3, 0.4) is 0 Å². The summed E-state index contributed by atoms with van der Waals surface area (Å²) in [4.78, 5) is 4.88. The fraction of sp³-hybridized carbons (Fsp3) is 0.538. The molecule has 0 saturated carbocycles. The third-order valence-electron chi connectivity index (χ3n) is 3.27. The zero-order valence-corrected chi connectivity index (χ0v) is 13.4. The number of piperazine rings is 1. The van der Waals surface area contributed by atoms with Crippen molar-refractivity contribution in [3.05, 3.63) is 34.1 Å². The van der Waals surface area contributed by atoms with Crippen LogP contribution in [0.5, 0.6) is 0 Å². The molecule has 0 atom stereocenters. The lowest BCUT2D eigenvalue weighted by Gasteiger charge is -2.34. The molecule has 1 saturated heterocycles. The molecule has 0 amide bonds. The fourth-order valence-electron chi connectivity index (χ4n) is 2.18. The number of alkyl halides is 1. The maximum atomic E-state index is 13.0. The summed E-state index contributed by atoms with van der Waals surface area (Å²) in [7, 11) is 0. The number of benzene rings is 1. The van der Waals surface area contributed by atoms with Gasteiger partial charge in [0.15, 0.2) is 0 Å². The molecule has 1 aliphatic heterocycles. The summed E-state index contributed by atoms with van der Waals surface area (Å²) in [6.07, 6.45) is 0. The molecule has 0 aliphatic carbocycles. The van der Waals surface area contributed by atoms with Gasteiger partial charge in [0.05, 0.1) is 0 Å². The molecular weight excluding hydrogens is 363 g/mol. The van der Waals surface area contributed by atoms with E-state index in [0.29, 0.717) is 0 Å². The lowest BCUT2D eigenvalue weighted by atomic mass is 10.2. The summed E-state index contributed by atoms with van der Waals surface area (Å²) in [5.41, 5.74) is 1.16. The number of halogens is 3. The van der Waals surface area contributed by atoms with Gasteiger partial charge in [-0.3, -0.25) is 9.80 Å². The molecule has 2 rings (SSSR count). The van der Waals surface area contributed by atoms with Gasteiger partial charge in [0.1, 0.15) is 5.82 Å². The second-order valence-electron chi connectivity index (χ2n) is 4.54. The van der Waals surface area contributed by atoms with Crippen LogP contribution in [0.15, 0.2) is 22.7 Å². The van der Waals surface area contributed by atoms with Gasteiger partial charge in [0.25, 0.3) is 0 Å². The third-order valence-corrected chi connectivity index (χ3v) is 4.37. The van der Waals surface area contributed by atoms with Crippen molar-refractivity contribution in [2.24, 2.45) is 0 Å². The predicted octanol–water partition coefficient (Wildman–Crippen LogP) is 3.10. The minimum absolute atomic E-state index is 0.187. The van der Waals surface area contributed by atoms with E-state index >= 15 is 0 Å². The van der Waals surface area contributed by atoms with E-state index in [-0.39, 0.29) is 5.82 Å². The van der Waals surface area contributed by atoms with E-state index in [0.717, 1.165) is 54.6 Å². The number of rotatable bonds is 4. The first kappa shape index (κ1) is 14.4. The van der Waals surface area contributed by atoms with Gasteiger partial charge in [-0.1, -0.05) is 37.9 Å². The molecule has 1 aliphatic rings. The molecule has 1 aromatic carbocycles. The van der Waals surface area contributed by atoms with E-state index in [1.807, 2.05) is 6.07 Å². The molecule has 0 N–H and O–H groups in total. The highest BCUT2D eigenvalue weighted by atomic mass is 79.9. The monoisotopic (exact) mass is 378 g/mol. The van der Waals surface area contributed by atoms with Crippen molar-refractivity contribution in [2.75, 3.05) is 38.1 Å². The molecule has 5 heteroatoms. The summed E-state index contributed by atoms with van der Waals surface area (Å²) in [5.74, 6) is -0.187. The van der Waals surface area contributed by atoms with Crippen molar-refractivity contribution in [2.45, 2.75) is 6.54 Å². The van der Waals surface area contributed by atoms with E-state index in [4.69, 9.17) is 0 Å². The quantitative estimate of drug-likeness (QED) is 0.741. The molecule has 0 radical (unpaired) electrons. The van der Waals surface area contributed by atoms with Crippen molar-refractivity contribution in [1.29, 1.82) is 0 Å². The maximum Gasteiger partial charge on any atom is 0.124 e. The van der Waals surface area contributed by atoms with Crippen LogP contribution in [0.2, 0.25) is 0 Å². The zero-order chi connectivity index (χ0) is 13.0. The largest absolute Gasteiger partial charge is 0.300 e. The Morgan fingerprint density at radius 3 is 2.39 bits per heavy atom. The molecule has 18 heavy (non-hydrogen) atoms. The Kier molecular flexibility index (Phi) is 5.60. The van der Waals surface area contributed by atoms with E-state index in [2.05, 4.69) is 41.7 Å². The molecule has 1 aromatic rings. The molecule has 100 valence electrons. The van der Waals surface area contributed by atoms with Crippen LogP contribution in [-0.4, -0.2) is 47.9 Å². The van der Waals surface area contributed by atoms with E-state index in [9.17, 15) is 4.39 Å². The molecule has 1 heterocycles. The summed E-state index contributed by atoms with van der Waals surface area (Å²) < 4.78 is 13.9. The van der Waals surface area contributed by atoms with Crippen LogP contribution in [0.25, 0.3) is 0 Å². The van der Waals surface area contributed by atoms with Crippen molar-refractivity contribution < 1.29 is 4.39 Å². The molecule has 0 aromatic heterocycles. The van der Waals surface area contributed by atoms with Crippen molar-refractivity contribution in [3.8, 4) is 0 Å². The third kappa shape index (κ3) is 4.02. The molecule has 0 bridgehead atoms. The van der Waals surface area contributed by atoms with Gasteiger partial charge < -0.3 is 0 Å². The van der Waals surface area contributed by atoms with Crippen LogP contribution >= 0.6 is 31.9 Å². The smallest absolute Gasteiger partial charge is 0.124 e. The Morgan fingerprint density at radius 1 is 1.11 bits per heavy atom. The first-order chi connectivity index (χ1) is 8.69. The summed E-state index contributed by atoms with van der Waals surface area (Å²) in [5, 5.41) is 1.04. The maximum absolute atomic E-state index is 13.0. The Labute approximate surface area is 124 Å². The van der Waals surface area contributed by atoms with Crippen molar-refractivity contribution in [3.63, 3.8) is 0 Å². The number of hydrogen-bond acceptors (Lipinski definition) is 2. The molecule has 1 fully saturated rings. The normalized spacial score (nSPS) is 18.2. The van der Waals surface area contributed by atoms with Gasteiger partial charge in [-0.2, -0.15) is 0 Å². The molecule has 0 unspecified atom stereocenters. The zero-order valence-electron chi connectivity index (χ0n) is 10.2. The first-order valence-corrected chi connectivity index (χ1v) is 8.05. The van der Waals surface area contributed by atoms with Gasteiger partial charge in [0.2, 0.25) is 0 Å². The SMILES string of the molecule is Fc1ccc(CN2CCN(CCBr)CC2)c(Br)c1. The van der Waals surface area contributed by atoms with Gasteiger partial charge in [-0.15, -0.1) is 0 Å². The number of hydrogen-bond donors (Lipinski definition) is 0. The van der Waals surface area contributed by atoms with Crippen molar-refractivity contribution in [1.82, 2.24) is 9.80 Å². The minimum Gasteiger partial charge on any atom is -0.300 e. The second-order valence-corrected chi connectivity index (χ2v) is 6.19. The molecular formula is C13H17Br2FN2. The van der Waals surface area contributed by atoms with Gasteiger partial charge in [-0.25, -0.2) is 4.39 Å². The van der Waals surface area contributed by atoms with Crippen LogP contribution < -0.4 is 0 Å². The highest BCUT2D eigenvalue weighted by Gasteiger charge is 2.17. The highest BCUT2D eigenvalue weighted by molar-refractivity contribution is 9.10. The summed E-state index contributed by atoms with van der Waals surface area (Å²) in [6.45, 7) is 6.40. The highest BCUT2D eigenvalue weighted by Crippen LogP contribution is 2.20. The van der Waals surface area contributed by atoms with Crippen LogP contribution in [-0.2, 0) is 6.54 Å². The fourth-order valence-corrected chi connectivity index (χ4v) is 3.16. The first-order valence-electron chi connectivity index (χ1n) is 6.13. The topological polar surface area (TPSA) is 6.48 Å². The minimum atomic E-state index is -0.187. The summed E-state index contributed by atoms with van der Waals surface area (Å²) in [6, 6.07) is 4.93. The van der Waals surface area contributed by atoms with Crippen LogP contribution in [0.1, 0.15) is 5.56 Å². The average molecular weight is 380 g/mol. The lowest BCUT2D eigenvalue weighted by Crippen LogP contribution is -2.46. The lowest BCUT2D eigenvalue weighted by molar-refractivity contribution is 0.133. The standard InChI is InChI=1S/C13H17Br2FN2/c14-3-4-17-5-7-18(8-6-17)10-11-1-2-12(16)9-13(11)15/h1-2,9H,3-8,10H2. The Hall–Kier alpha value is 0.0300. The summed E-state index contributed by atoms with van der Waals surface area (Å²) >= 11 is 6.90. The van der Waals surface area contributed by atoms with E-state index < -0.39 is 0 Å². The molecule has 0 spiro atoms. The van der Waals surface area contributed by atoms with Crippen LogP contribution in [0, 0.1) is 5.82 Å². The van der Waals surface area contributed by atoms with Crippen LogP contribution in [0.4, 0.5) is 4.39 Å². The van der Waals surface area contributed by atoms with E-state index in [1.54, 1.807) is 0 Å². The van der Waals surface area contributed by atoms with Crippen molar-refractivity contribution >= 4 is 31.9 Å². The van der Waals surface area contributed by atoms with Gasteiger partial charge >= 0.3 is 0 Å². The van der Waals surface area contributed by atoms with Gasteiger partial charge in [0, 0.05) is 49.1 Å². The molecule has 2 nitrogen and oxygen atoms in total. The number of nitrogens with zero attached hydrogens (tertiary/aromatic N) is 2. The average Bonchev–Trinajstić information content (AvgIpc) is 2.35. The van der Waals surface area contributed by atoms with E-state index in [1.165, 1.54) is 12.1 Å². The Balaban J connectivity index is 1.87. The second kappa shape index (κ2) is 6.98. The van der Waals surface area contributed by atoms with Gasteiger partial charge in [-0.05, 0) is 17.7 Å². The predicted molar refractivity (Wildman–Crippen MR) is 79.6 cm³/mol.